The van der Waals surface area contributed by atoms with Gasteiger partial charge in [-0.05, 0) is 20.3 Å². The molecule has 0 atom stereocenters. The van der Waals surface area contributed by atoms with Gasteiger partial charge in [0.2, 0.25) is 0 Å². The first-order chi connectivity index (χ1) is 13.5. The Morgan fingerprint density at radius 3 is 1.21 bits per heavy atom. The molecule has 0 amide bonds. The molecule has 5 nitrogen and oxygen atoms in total. The summed E-state index contributed by atoms with van der Waals surface area (Å²) in [5.41, 5.74) is 0. The monoisotopic (exact) mass is 448 g/mol. The SMILES string of the molecule is C=C.CCCCCCCCCCCCCCCCOP(=O)(O)O.CCOCC.[NaH]. The van der Waals surface area contributed by atoms with Crippen LogP contribution in [0.4, 0.5) is 0 Å². The van der Waals surface area contributed by atoms with E-state index in [1.807, 2.05) is 13.8 Å². The van der Waals surface area contributed by atoms with Crippen LogP contribution in [0.3, 0.4) is 0 Å². The third kappa shape index (κ3) is 47.8. The number of ether oxygens (including phenoxy) is 1. The number of hydrogen-bond donors (Lipinski definition) is 2. The third-order valence-electron chi connectivity index (χ3n) is 4.17. The Hall–Kier alpha value is 0.810. The fourth-order valence-electron chi connectivity index (χ4n) is 2.68. The molecule has 0 aliphatic carbocycles. The molecule has 0 aromatic rings. The summed E-state index contributed by atoms with van der Waals surface area (Å²) in [6.07, 6.45) is 17.8. The number of phosphoric acid groups is 1. The van der Waals surface area contributed by atoms with Crippen molar-refractivity contribution in [3.05, 3.63) is 13.2 Å². The van der Waals surface area contributed by atoms with E-state index in [1.165, 1.54) is 70.6 Å². The van der Waals surface area contributed by atoms with E-state index in [9.17, 15) is 4.57 Å². The van der Waals surface area contributed by atoms with Gasteiger partial charge in [0.1, 0.15) is 0 Å². The second-order valence-corrected chi connectivity index (χ2v) is 7.94. The summed E-state index contributed by atoms with van der Waals surface area (Å²) in [7, 11) is -4.25. The molecule has 0 aliphatic rings. The Morgan fingerprint density at radius 1 is 0.655 bits per heavy atom. The van der Waals surface area contributed by atoms with Crippen LogP contribution in [0.5, 0.6) is 0 Å². The molecule has 0 bridgehead atoms. The summed E-state index contributed by atoms with van der Waals surface area (Å²) in [5.74, 6) is 0. The van der Waals surface area contributed by atoms with E-state index in [-0.39, 0.29) is 36.2 Å². The first kappa shape index (κ1) is 37.1. The van der Waals surface area contributed by atoms with Crippen molar-refractivity contribution in [3.8, 4) is 0 Å². The first-order valence-corrected chi connectivity index (χ1v) is 12.8. The van der Waals surface area contributed by atoms with Crippen LogP contribution in [-0.4, -0.2) is 59.2 Å². The molecule has 0 spiro atoms. The van der Waals surface area contributed by atoms with Crippen molar-refractivity contribution in [3.63, 3.8) is 0 Å². The first-order valence-electron chi connectivity index (χ1n) is 11.3. The maximum atomic E-state index is 10.4. The van der Waals surface area contributed by atoms with E-state index in [2.05, 4.69) is 24.6 Å². The van der Waals surface area contributed by atoms with E-state index in [1.54, 1.807) is 0 Å². The summed E-state index contributed by atoms with van der Waals surface area (Å²) in [6.45, 7) is 14.1. The van der Waals surface area contributed by atoms with Crippen LogP contribution in [0, 0.1) is 0 Å². The second-order valence-electron chi connectivity index (χ2n) is 6.70. The predicted molar refractivity (Wildman–Crippen MR) is 129 cm³/mol. The van der Waals surface area contributed by atoms with Crippen LogP contribution < -0.4 is 0 Å². The molecule has 0 aromatic heterocycles. The van der Waals surface area contributed by atoms with Gasteiger partial charge in [0.25, 0.3) is 0 Å². The summed E-state index contributed by atoms with van der Waals surface area (Å²) >= 11 is 0. The van der Waals surface area contributed by atoms with Crippen molar-refractivity contribution >= 4 is 37.4 Å². The van der Waals surface area contributed by atoms with Crippen molar-refractivity contribution in [1.29, 1.82) is 0 Å². The number of hydrogen-bond acceptors (Lipinski definition) is 3. The van der Waals surface area contributed by atoms with Crippen LogP contribution in [-0.2, 0) is 13.8 Å². The Balaban J connectivity index is -0.000000338. The molecular weight excluding hydrogens is 398 g/mol. The number of phosphoric ester groups is 1. The molecule has 0 heterocycles. The Labute approximate surface area is 204 Å². The minimum absolute atomic E-state index is 0. The minimum atomic E-state index is -4.25. The quantitative estimate of drug-likeness (QED) is 0.105. The van der Waals surface area contributed by atoms with Crippen LogP contribution in [0.1, 0.15) is 111 Å². The van der Waals surface area contributed by atoms with Gasteiger partial charge in [0, 0.05) is 13.2 Å². The molecule has 29 heavy (non-hydrogen) atoms. The van der Waals surface area contributed by atoms with E-state index >= 15 is 0 Å². The van der Waals surface area contributed by atoms with Crippen molar-refractivity contribution in [1.82, 2.24) is 0 Å². The van der Waals surface area contributed by atoms with E-state index < -0.39 is 7.82 Å². The van der Waals surface area contributed by atoms with E-state index in [0.29, 0.717) is 0 Å². The second kappa shape index (κ2) is 33.4. The summed E-state index contributed by atoms with van der Waals surface area (Å²) < 4.78 is 19.7. The van der Waals surface area contributed by atoms with Crippen LogP contribution in [0.2, 0.25) is 0 Å². The van der Waals surface area contributed by atoms with Gasteiger partial charge in [-0.15, -0.1) is 13.2 Å². The molecule has 0 aromatic carbocycles. The Bertz CT molecular complexity index is 312. The van der Waals surface area contributed by atoms with Crippen LogP contribution in [0.25, 0.3) is 0 Å². The van der Waals surface area contributed by atoms with Crippen molar-refractivity contribution < 1.29 is 23.6 Å². The molecule has 0 aliphatic heterocycles. The van der Waals surface area contributed by atoms with Gasteiger partial charge in [-0.3, -0.25) is 4.52 Å². The van der Waals surface area contributed by atoms with Gasteiger partial charge in [0.05, 0.1) is 6.61 Å². The predicted octanol–water partition coefficient (Wildman–Crippen LogP) is 6.77. The average molecular weight is 449 g/mol. The molecule has 0 saturated heterocycles. The topological polar surface area (TPSA) is 76.0 Å². The molecule has 0 unspecified atom stereocenters. The van der Waals surface area contributed by atoms with Gasteiger partial charge < -0.3 is 14.5 Å². The Kier molecular flexibility index (Phi) is 42.8. The standard InChI is InChI=1S/C16H35O4P.C4H10O.C2H4.Na.H/c1-2-3-4-5-6-7-8-9-10-11-12-13-14-15-16-20-21(17,18)19;1-3-5-4-2;1-2;;/h2-16H2,1H3,(H2,17,18,19);3-4H2,1-2H3;1-2H2;;. The normalized spacial score (nSPS) is 10.2. The van der Waals surface area contributed by atoms with Crippen molar-refractivity contribution in [2.75, 3.05) is 19.8 Å². The van der Waals surface area contributed by atoms with E-state index in [4.69, 9.17) is 14.5 Å². The summed E-state index contributed by atoms with van der Waals surface area (Å²) in [4.78, 5) is 17.0. The van der Waals surface area contributed by atoms with Gasteiger partial charge in [-0.25, -0.2) is 4.57 Å². The fourth-order valence-corrected chi connectivity index (χ4v) is 3.05. The third-order valence-corrected chi connectivity index (χ3v) is 4.68. The molecule has 2 N–H and O–H groups in total. The van der Waals surface area contributed by atoms with Crippen LogP contribution >= 0.6 is 7.82 Å². The van der Waals surface area contributed by atoms with E-state index in [0.717, 1.165) is 32.5 Å². The molecule has 0 radical (unpaired) electrons. The number of rotatable bonds is 18. The molecular formula is C22H50NaO5P. The van der Waals surface area contributed by atoms with Gasteiger partial charge >= 0.3 is 37.4 Å². The van der Waals surface area contributed by atoms with Gasteiger partial charge in [0.15, 0.2) is 0 Å². The van der Waals surface area contributed by atoms with Gasteiger partial charge in [-0.2, -0.15) is 0 Å². The molecule has 0 rings (SSSR count). The Morgan fingerprint density at radius 2 is 0.966 bits per heavy atom. The molecule has 174 valence electrons. The maximum absolute atomic E-state index is 10.4. The van der Waals surface area contributed by atoms with Gasteiger partial charge in [-0.1, -0.05) is 90.4 Å². The zero-order valence-electron chi connectivity index (χ0n) is 19.0. The molecule has 0 saturated carbocycles. The van der Waals surface area contributed by atoms with Crippen molar-refractivity contribution in [2.24, 2.45) is 0 Å². The van der Waals surface area contributed by atoms with Crippen LogP contribution in [0.15, 0.2) is 13.2 Å². The summed E-state index contributed by atoms with van der Waals surface area (Å²) in [5, 5.41) is 0. The molecule has 7 heteroatoms. The molecule has 0 fully saturated rings. The summed E-state index contributed by atoms with van der Waals surface area (Å²) in [6, 6.07) is 0. The zero-order valence-corrected chi connectivity index (χ0v) is 19.9. The van der Waals surface area contributed by atoms with Crippen molar-refractivity contribution in [2.45, 2.75) is 111 Å². The fraction of sp³-hybridized carbons (Fsp3) is 0.909. The number of unbranched alkanes of at least 4 members (excludes halogenated alkanes) is 13. The zero-order chi connectivity index (χ0) is 21.9. The average Bonchev–Trinajstić information content (AvgIpc) is 2.67.